The van der Waals surface area contributed by atoms with Gasteiger partial charge in [-0.15, -0.1) is 0 Å². The largest absolute Gasteiger partial charge is 0.495 e. The van der Waals surface area contributed by atoms with Gasteiger partial charge in [0.1, 0.15) is 23.3 Å². The van der Waals surface area contributed by atoms with Gasteiger partial charge in [-0.1, -0.05) is 6.07 Å². The standard InChI is InChI=1S/C44H50F3N11O7/c1-24(2)57-23-44(46,47)41(64)53(3)32-20-48-42(51-36(32)57)49-29-19-28(45)27(18-33(29)65-4)37(60)52-56-14-10-25(11-15-56)55-21-43(22-55)12-16-54(17-13-43)30-7-5-6-26-35(30)40(63)58(39(26)62)31-8-9-34(59)50-38(31)61/h5-7,18-20,24-25,31H,8-17,21-23H2,1-4H3,(H,52,60)(H,48,49,51)(H,50,59,61). The van der Waals surface area contributed by atoms with Gasteiger partial charge >= 0.3 is 5.92 Å². The minimum Gasteiger partial charge on any atom is -0.495 e. The van der Waals surface area contributed by atoms with Crippen LogP contribution >= 0.6 is 0 Å². The van der Waals surface area contributed by atoms with E-state index in [0.29, 0.717) is 43.5 Å². The number of ether oxygens (including phenoxy) is 1. The molecule has 9 rings (SSSR count). The fourth-order valence-corrected chi connectivity index (χ4v) is 10.0. The zero-order valence-corrected chi connectivity index (χ0v) is 36.5. The Morgan fingerprint density at radius 2 is 1.68 bits per heavy atom. The summed E-state index contributed by atoms with van der Waals surface area (Å²) in [7, 11) is 2.58. The summed E-state index contributed by atoms with van der Waals surface area (Å²) in [5.41, 5.74) is 4.16. The summed E-state index contributed by atoms with van der Waals surface area (Å²) in [5, 5.41) is 6.90. The highest BCUT2D eigenvalue weighted by Gasteiger charge is 2.50. The van der Waals surface area contributed by atoms with Crippen LogP contribution in [-0.4, -0.2) is 144 Å². The molecule has 1 spiro atoms. The number of methoxy groups -OCH3 is 1. The Balaban J connectivity index is 0.775. The SMILES string of the molecule is COc1cc(C(=O)NN2CCC(N3CC4(CCN(c5cccc6c5C(=O)N(C5CCC(=O)NC5=O)C6=O)CC4)C3)CC2)c(F)cc1Nc1ncc2c(n1)N(C(C)C)CC(F)(F)C(=O)N2C. The monoisotopic (exact) mass is 901 g/mol. The van der Waals surface area contributed by atoms with E-state index in [2.05, 4.69) is 35.8 Å². The molecule has 21 heteroatoms. The van der Waals surface area contributed by atoms with E-state index in [9.17, 15) is 37.5 Å². The van der Waals surface area contributed by atoms with Gasteiger partial charge in [-0.25, -0.2) is 14.4 Å². The summed E-state index contributed by atoms with van der Waals surface area (Å²) < 4.78 is 50.7. The first-order valence-electron chi connectivity index (χ1n) is 21.8. The van der Waals surface area contributed by atoms with Gasteiger partial charge in [0.15, 0.2) is 5.82 Å². The third kappa shape index (κ3) is 7.87. The Morgan fingerprint density at radius 3 is 2.35 bits per heavy atom. The molecule has 0 bridgehead atoms. The molecular formula is C44H50F3N11O7. The highest BCUT2D eigenvalue weighted by atomic mass is 19.3. The number of anilines is 5. The molecule has 1 aromatic heterocycles. The maximum atomic E-state index is 15.7. The maximum absolute atomic E-state index is 15.7. The zero-order valence-electron chi connectivity index (χ0n) is 36.5. The first-order chi connectivity index (χ1) is 31.0. The number of nitrogens with one attached hydrogen (secondary N) is 3. The predicted molar refractivity (Wildman–Crippen MR) is 230 cm³/mol. The van der Waals surface area contributed by atoms with Crippen molar-refractivity contribution >= 4 is 64.3 Å². The molecule has 6 aliphatic heterocycles. The third-order valence-electron chi connectivity index (χ3n) is 13.7. The number of alkyl halides is 2. The fourth-order valence-electron chi connectivity index (χ4n) is 10.0. The van der Waals surface area contributed by atoms with E-state index in [-0.39, 0.29) is 58.3 Å². The lowest BCUT2D eigenvalue weighted by molar-refractivity contribution is -0.140. The molecule has 4 fully saturated rings. The second-order valence-electron chi connectivity index (χ2n) is 18.0. The minimum atomic E-state index is -3.67. The molecule has 3 aromatic rings. The second kappa shape index (κ2) is 16.6. The lowest BCUT2D eigenvalue weighted by Crippen LogP contribution is -2.64. The van der Waals surface area contributed by atoms with Gasteiger partial charge in [0, 0.05) is 70.9 Å². The summed E-state index contributed by atoms with van der Waals surface area (Å²) in [4.78, 5) is 93.7. The number of benzene rings is 2. The van der Waals surface area contributed by atoms with Crippen molar-refractivity contribution in [3.8, 4) is 5.75 Å². The van der Waals surface area contributed by atoms with Crippen LogP contribution in [0.3, 0.4) is 0 Å². The molecule has 0 aliphatic carbocycles. The number of hydrazine groups is 1. The molecule has 7 heterocycles. The first kappa shape index (κ1) is 43.9. The van der Waals surface area contributed by atoms with Crippen LogP contribution in [-0.2, 0) is 14.4 Å². The van der Waals surface area contributed by atoms with E-state index in [0.717, 1.165) is 54.6 Å². The molecule has 6 amide bonds. The van der Waals surface area contributed by atoms with Gasteiger partial charge in [0.25, 0.3) is 23.6 Å². The fraction of sp³-hybridized carbons (Fsp3) is 0.500. The van der Waals surface area contributed by atoms with Gasteiger partial charge < -0.3 is 24.8 Å². The highest BCUT2D eigenvalue weighted by molar-refractivity contribution is 6.25. The van der Waals surface area contributed by atoms with Crippen molar-refractivity contribution in [2.24, 2.45) is 5.41 Å². The summed E-state index contributed by atoms with van der Waals surface area (Å²) in [6.07, 6.45) is 4.80. The van der Waals surface area contributed by atoms with E-state index in [4.69, 9.17) is 4.74 Å². The summed E-state index contributed by atoms with van der Waals surface area (Å²) in [6, 6.07) is 6.40. The van der Waals surface area contributed by atoms with Crippen molar-refractivity contribution in [2.75, 3.05) is 80.0 Å². The molecule has 3 N–H and O–H groups in total. The van der Waals surface area contributed by atoms with Crippen LogP contribution in [0.15, 0.2) is 36.5 Å². The van der Waals surface area contributed by atoms with Crippen LogP contribution in [0.2, 0.25) is 0 Å². The summed E-state index contributed by atoms with van der Waals surface area (Å²) in [6.45, 7) is 6.89. The quantitative estimate of drug-likeness (QED) is 0.265. The van der Waals surface area contributed by atoms with Crippen molar-refractivity contribution in [3.63, 3.8) is 0 Å². The van der Waals surface area contributed by atoms with E-state index >= 15 is 4.39 Å². The number of rotatable bonds is 9. The van der Waals surface area contributed by atoms with Crippen molar-refractivity contribution in [1.82, 2.24) is 35.5 Å². The molecular weight excluding hydrogens is 852 g/mol. The van der Waals surface area contributed by atoms with Crippen LogP contribution in [0.4, 0.5) is 42.0 Å². The van der Waals surface area contributed by atoms with Crippen LogP contribution < -0.4 is 35.5 Å². The number of carbonyl (C=O) groups excluding carboxylic acids is 6. The normalized spacial score (nSPS) is 22.5. The number of nitrogens with zero attached hydrogens (tertiary/aromatic N) is 8. The number of aromatic nitrogens is 2. The van der Waals surface area contributed by atoms with Crippen molar-refractivity contribution in [2.45, 2.75) is 76.4 Å². The Kier molecular flexibility index (Phi) is 11.2. The number of carbonyl (C=O) groups is 6. The Morgan fingerprint density at radius 1 is 0.954 bits per heavy atom. The molecule has 344 valence electrons. The average Bonchev–Trinajstić information content (AvgIpc) is 3.49. The third-order valence-corrected chi connectivity index (χ3v) is 13.7. The number of fused-ring (bicyclic) bond motifs is 2. The highest BCUT2D eigenvalue weighted by Crippen LogP contribution is 2.45. The smallest absolute Gasteiger partial charge is 0.342 e. The molecule has 1 atom stereocenters. The Labute approximate surface area is 372 Å². The first-order valence-corrected chi connectivity index (χ1v) is 21.8. The maximum Gasteiger partial charge on any atom is 0.342 e. The number of halogens is 3. The van der Waals surface area contributed by atoms with Crippen LogP contribution in [0.5, 0.6) is 5.75 Å². The van der Waals surface area contributed by atoms with Gasteiger partial charge in [-0.3, -0.25) is 49.3 Å². The second-order valence-corrected chi connectivity index (χ2v) is 18.0. The zero-order chi connectivity index (χ0) is 46.1. The van der Waals surface area contributed by atoms with Crippen LogP contribution in [0, 0.1) is 11.2 Å². The minimum absolute atomic E-state index is 0.0576. The van der Waals surface area contributed by atoms with Crippen LogP contribution in [0.25, 0.3) is 0 Å². The lowest BCUT2D eigenvalue weighted by atomic mass is 9.70. The Bertz CT molecular complexity index is 2480. The molecule has 0 saturated carbocycles. The number of likely N-dealkylation sites (tertiary alicyclic amines) is 1. The molecule has 65 heavy (non-hydrogen) atoms. The molecule has 18 nitrogen and oxygen atoms in total. The van der Waals surface area contributed by atoms with E-state index < -0.39 is 65.8 Å². The van der Waals surface area contributed by atoms with Crippen molar-refractivity contribution in [3.05, 3.63) is 59.0 Å². The van der Waals surface area contributed by atoms with Gasteiger partial charge in [0.2, 0.25) is 17.8 Å². The number of hydrogen-bond donors (Lipinski definition) is 3. The molecule has 6 aliphatic rings. The molecule has 0 radical (unpaired) electrons. The van der Waals surface area contributed by atoms with E-state index in [1.165, 1.54) is 31.3 Å². The topological polar surface area (TPSA) is 193 Å². The van der Waals surface area contributed by atoms with Gasteiger partial charge in [0.05, 0.1) is 47.9 Å². The molecule has 1 unspecified atom stereocenters. The van der Waals surface area contributed by atoms with Gasteiger partial charge in [-0.2, -0.15) is 13.8 Å². The average molecular weight is 902 g/mol. The van der Waals surface area contributed by atoms with E-state index in [1.807, 2.05) is 6.07 Å². The number of hydrogen-bond acceptors (Lipinski definition) is 14. The Hall–Kier alpha value is -6.35. The van der Waals surface area contributed by atoms with Gasteiger partial charge in [-0.05, 0) is 69.6 Å². The number of amides is 6. The predicted octanol–water partition coefficient (Wildman–Crippen LogP) is 3.31. The molecule has 2 aromatic carbocycles. The number of imide groups is 2. The van der Waals surface area contributed by atoms with Crippen molar-refractivity contribution in [1.29, 1.82) is 0 Å². The van der Waals surface area contributed by atoms with E-state index in [1.54, 1.807) is 31.0 Å². The summed E-state index contributed by atoms with van der Waals surface area (Å²) >= 11 is 0. The molecule has 4 saturated heterocycles. The number of piperidine rings is 3. The lowest BCUT2D eigenvalue weighted by Gasteiger charge is -2.57. The summed E-state index contributed by atoms with van der Waals surface area (Å²) in [5.74, 6) is -8.49. The van der Waals surface area contributed by atoms with Crippen LogP contribution in [0.1, 0.15) is 83.4 Å². The van der Waals surface area contributed by atoms with Crippen molar-refractivity contribution < 1.29 is 46.7 Å².